The third-order valence-electron chi connectivity index (χ3n) is 3.24. The van der Waals surface area contributed by atoms with Crippen LogP contribution in [0.15, 0.2) is 24.3 Å². The van der Waals surface area contributed by atoms with Crippen molar-refractivity contribution in [1.82, 2.24) is 5.32 Å². The first-order chi connectivity index (χ1) is 11.7. The molecule has 0 saturated carbocycles. The highest BCUT2D eigenvalue weighted by atomic mass is 32.2. The van der Waals surface area contributed by atoms with Gasteiger partial charge in [0.25, 0.3) is 0 Å². The number of ether oxygens (including phenoxy) is 1. The fraction of sp³-hybridized carbons (Fsp3) is 0.500. The van der Waals surface area contributed by atoms with Crippen LogP contribution in [0.25, 0.3) is 0 Å². The Hall–Kier alpha value is -2.13. The highest BCUT2D eigenvalue weighted by Gasteiger charge is 2.19. The maximum Gasteiger partial charge on any atom is 0.232 e. The van der Waals surface area contributed by atoms with E-state index in [1.165, 1.54) is 6.92 Å². The Morgan fingerprint density at radius 3 is 2.60 bits per heavy atom. The largest absolute Gasteiger partial charge is 0.385 e. The molecule has 2 amide bonds. The Balaban J connectivity index is 2.76. The molecule has 1 rings (SSSR count). The summed E-state index contributed by atoms with van der Waals surface area (Å²) in [7, 11) is -1.98. The van der Waals surface area contributed by atoms with Gasteiger partial charge < -0.3 is 15.4 Å². The minimum Gasteiger partial charge on any atom is -0.385 e. The van der Waals surface area contributed by atoms with E-state index >= 15 is 0 Å². The number of rotatable bonds is 10. The van der Waals surface area contributed by atoms with Crippen molar-refractivity contribution in [3.63, 3.8) is 0 Å². The number of nitrogens with zero attached hydrogens (tertiary/aromatic N) is 1. The topological polar surface area (TPSA) is 105 Å². The molecule has 1 aromatic rings. The number of carbonyl (C=O) groups excluding carboxylic acids is 2. The molecule has 0 aliphatic rings. The molecule has 0 aliphatic carbocycles. The summed E-state index contributed by atoms with van der Waals surface area (Å²) >= 11 is 0. The van der Waals surface area contributed by atoms with E-state index in [0.717, 1.165) is 10.6 Å². The summed E-state index contributed by atoms with van der Waals surface area (Å²) in [4.78, 5) is 23.0. The lowest BCUT2D eigenvalue weighted by Crippen LogP contribution is -2.35. The van der Waals surface area contributed by atoms with Crippen molar-refractivity contribution in [2.75, 3.05) is 42.7 Å². The van der Waals surface area contributed by atoms with Gasteiger partial charge in [0.05, 0.1) is 11.9 Å². The van der Waals surface area contributed by atoms with Gasteiger partial charge in [-0.05, 0) is 24.6 Å². The minimum absolute atomic E-state index is 0.0124. The summed E-state index contributed by atoms with van der Waals surface area (Å²) in [5, 5.41) is 5.32. The summed E-state index contributed by atoms with van der Waals surface area (Å²) in [5.41, 5.74) is 0.878. The standard InChI is InChI=1S/C16H25N3O5S/c1-13(20)18-14-6-4-7-15(12-14)19(25(3,22)23)10-8-16(21)17-9-5-11-24-2/h4,6-7,12H,5,8-11H2,1-3H3,(H,17,21)(H,18,20). The first-order valence-electron chi connectivity index (χ1n) is 7.85. The number of benzene rings is 1. The lowest BCUT2D eigenvalue weighted by atomic mass is 10.2. The van der Waals surface area contributed by atoms with Crippen molar-refractivity contribution in [2.45, 2.75) is 19.8 Å². The van der Waals surface area contributed by atoms with Crippen LogP contribution in [0, 0.1) is 0 Å². The normalized spacial score (nSPS) is 11.0. The van der Waals surface area contributed by atoms with Crippen LogP contribution in [0.2, 0.25) is 0 Å². The van der Waals surface area contributed by atoms with Gasteiger partial charge in [0.1, 0.15) is 0 Å². The van der Waals surface area contributed by atoms with Gasteiger partial charge in [-0.1, -0.05) is 6.07 Å². The lowest BCUT2D eigenvalue weighted by Gasteiger charge is -2.22. The van der Waals surface area contributed by atoms with Crippen molar-refractivity contribution >= 4 is 33.2 Å². The highest BCUT2D eigenvalue weighted by Crippen LogP contribution is 2.22. The fourth-order valence-corrected chi connectivity index (χ4v) is 3.08. The average molecular weight is 371 g/mol. The highest BCUT2D eigenvalue weighted by molar-refractivity contribution is 7.92. The SMILES string of the molecule is COCCCNC(=O)CCN(c1cccc(NC(C)=O)c1)S(C)(=O)=O. The quantitative estimate of drug-likeness (QED) is 0.596. The number of hydrogen-bond donors (Lipinski definition) is 2. The van der Waals surface area contributed by atoms with Crippen molar-refractivity contribution in [2.24, 2.45) is 0 Å². The number of nitrogens with one attached hydrogen (secondary N) is 2. The third kappa shape index (κ3) is 7.99. The lowest BCUT2D eigenvalue weighted by molar-refractivity contribution is -0.121. The molecule has 9 heteroatoms. The maximum atomic E-state index is 12.1. The van der Waals surface area contributed by atoms with Crippen LogP contribution in [-0.4, -0.2) is 53.3 Å². The summed E-state index contributed by atoms with van der Waals surface area (Å²) in [6, 6.07) is 6.47. The Kier molecular flexibility index (Phi) is 8.36. The second kappa shape index (κ2) is 10.00. The minimum atomic E-state index is -3.57. The Morgan fingerprint density at radius 1 is 1.28 bits per heavy atom. The van der Waals surface area contributed by atoms with E-state index in [9.17, 15) is 18.0 Å². The van der Waals surface area contributed by atoms with Crippen molar-refractivity contribution in [1.29, 1.82) is 0 Å². The molecule has 8 nitrogen and oxygen atoms in total. The van der Waals surface area contributed by atoms with Crippen molar-refractivity contribution < 1.29 is 22.7 Å². The van der Waals surface area contributed by atoms with Gasteiger partial charge >= 0.3 is 0 Å². The Labute approximate surface area is 148 Å². The zero-order chi connectivity index (χ0) is 18.9. The van der Waals surface area contributed by atoms with E-state index in [1.54, 1.807) is 31.4 Å². The second-order valence-corrected chi connectivity index (χ2v) is 7.42. The fourth-order valence-electron chi connectivity index (χ4n) is 2.16. The molecule has 0 fully saturated rings. The number of hydrogen-bond acceptors (Lipinski definition) is 5. The molecule has 0 radical (unpaired) electrons. The number of methoxy groups -OCH3 is 1. The number of carbonyl (C=O) groups is 2. The van der Waals surface area contributed by atoms with E-state index in [4.69, 9.17) is 4.74 Å². The maximum absolute atomic E-state index is 12.1. The van der Waals surface area contributed by atoms with E-state index < -0.39 is 10.0 Å². The zero-order valence-electron chi connectivity index (χ0n) is 14.7. The summed E-state index contributed by atoms with van der Waals surface area (Å²) in [6.07, 6.45) is 1.80. The van der Waals surface area contributed by atoms with Crippen LogP contribution in [0.3, 0.4) is 0 Å². The molecule has 140 valence electrons. The van der Waals surface area contributed by atoms with Crippen molar-refractivity contribution in [3.8, 4) is 0 Å². The van der Waals surface area contributed by atoms with E-state index in [-0.39, 0.29) is 24.8 Å². The Bertz CT molecular complexity index is 691. The van der Waals surface area contributed by atoms with E-state index in [2.05, 4.69) is 10.6 Å². The van der Waals surface area contributed by atoms with E-state index in [0.29, 0.717) is 30.9 Å². The van der Waals surface area contributed by atoms with Gasteiger partial charge in [-0.3, -0.25) is 13.9 Å². The molecular formula is C16H25N3O5S. The summed E-state index contributed by atoms with van der Waals surface area (Å²) in [6.45, 7) is 2.41. The predicted octanol–water partition coefficient (Wildman–Crippen LogP) is 0.954. The van der Waals surface area contributed by atoms with Gasteiger partial charge in [-0.25, -0.2) is 8.42 Å². The first kappa shape index (κ1) is 20.9. The van der Waals surface area contributed by atoms with Crippen LogP contribution in [0.5, 0.6) is 0 Å². The van der Waals surface area contributed by atoms with Crippen LogP contribution in [-0.2, 0) is 24.3 Å². The molecule has 0 aromatic heterocycles. The van der Waals surface area contributed by atoms with E-state index in [1.807, 2.05) is 0 Å². The average Bonchev–Trinajstić information content (AvgIpc) is 2.50. The van der Waals surface area contributed by atoms with Gasteiger partial charge in [-0.15, -0.1) is 0 Å². The smallest absolute Gasteiger partial charge is 0.232 e. The number of sulfonamides is 1. The van der Waals surface area contributed by atoms with Gasteiger partial charge in [0.15, 0.2) is 0 Å². The number of amides is 2. The molecule has 0 bridgehead atoms. The molecular weight excluding hydrogens is 346 g/mol. The van der Waals surface area contributed by atoms with Crippen LogP contribution < -0.4 is 14.9 Å². The molecule has 1 aromatic carbocycles. The van der Waals surface area contributed by atoms with Crippen LogP contribution in [0.4, 0.5) is 11.4 Å². The van der Waals surface area contributed by atoms with Crippen molar-refractivity contribution in [3.05, 3.63) is 24.3 Å². The third-order valence-corrected chi connectivity index (χ3v) is 4.44. The second-order valence-electron chi connectivity index (χ2n) is 5.51. The number of anilines is 2. The summed E-state index contributed by atoms with van der Waals surface area (Å²) < 4.78 is 30.2. The van der Waals surface area contributed by atoms with Gasteiger partial charge in [-0.2, -0.15) is 0 Å². The molecule has 2 N–H and O–H groups in total. The monoisotopic (exact) mass is 371 g/mol. The van der Waals surface area contributed by atoms with Crippen LogP contribution in [0.1, 0.15) is 19.8 Å². The summed E-state index contributed by atoms with van der Waals surface area (Å²) in [5.74, 6) is -0.485. The molecule has 0 saturated heterocycles. The molecule has 0 aliphatic heterocycles. The molecule has 0 spiro atoms. The van der Waals surface area contributed by atoms with Gasteiger partial charge in [0.2, 0.25) is 21.8 Å². The zero-order valence-corrected chi connectivity index (χ0v) is 15.6. The molecule has 0 heterocycles. The Morgan fingerprint density at radius 2 is 2.00 bits per heavy atom. The molecule has 0 unspecified atom stereocenters. The van der Waals surface area contributed by atoms with Gasteiger partial charge in [0, 0.05) is 45.8 Å². The molecule has 0 atom stereocenters. The van der Waals surface area contributed by atoms with Crippen LogP contribution >= 0.6 is 0 Å². The first-order valence-corrected chi connectivity index (χ1v) is 9.70. The molecule has 25 heavy (non-hydrogen) atoms. The predicted molar refractivity (Wildman–Crippen MR) is 97.1 cm³/mol.